The molecule has 0 aromatic heterocycles. The summed E-state index contributed by atoms with van der Waals surface area (Å²) in [5.41, 5.74) is 3.96. The lowest BCUT2D eigenvalue weighted by Crippen LogP contribution is -2.11. The SMILES string of the molecule is Cc1ccc(C2=C(c3ccccc3)C3(CC3)C(=O)O2)cc1. The van der Waals surface area contributed by atoms with Crippen LogP contribution in [-0.2, 0) is 9.53 Å². The molecule has 4 rings (SSSR count). The molecule has 0 bridgehead atoms. The Hall–Kier alpha value is -2.35. The maximum absolute atomic E-state index is 12.3. The van der Waals surface area contributed by atoms with Gasteiger partial charge < -0.3 is 4.74 Å². The molecule has 1 heterocycles. The summed E-state index contributed by atoms with van der Waals surface area (Å²) in [6.45, 7) is 2.05. The molecule has 0 unspecified atom stereocenters. The minimum Gasteiger partial charge on any atom is -0.425 e. The highest BCUT2D eigenvalue weighted by atomic mass is 16.5. The number of hydrogen-bond acceptors (Lipinski definition) is 2. The lowest BCUT2D eigenvalue weighted by atomic mass is 9.89. The second-order valence-electron chi connectivity index (χ2n) is 5.91. The summed E-state index contributed by atoms with van der Waals surface area (Å²) in [6, 6.07) is 18.3. The Kier molecular flexibility index (Phi) is 2.55. The van der Waals surface area contributed by atoms with Crippen molar-refractivity contribution in [1.29, 1.82) is 0 Å². The monoisotopic (exact) mass is 276 g/mol. The Morgan fingerprint density at radius 2 is 1.57 bits per heavy atom. The second kappa shape index (κ2) is 4.32. The normalized spacial score (nSPS) is 19.0. The molecular formula is C19H16O2. The van der Waals surface area contributed by atoms with Gasteiger partial charge in [-0.3, -0.25) is 4.79 Å². The van der Waals surface area contributed by atoms with Gasteiger partial charge in [0.05, 0.1) is 5.41 Å². The van der Waals surface area contributed by atoms with Gasteiger partial charge in [0.15, 0.2) is 0 Å². The van der Waals surface area contributed by atoms with Crippen LogP contribution in [0.5, 0.6) is 0 Å². The largest absolute Gasteiger partial charge is 0.425 e. The van der Waals surface area contributed by atoms with Crippen LogP contribution in [0.25, 0.3) is 11.3 Å². The highest BCUT2D eigenvalue weighted by Gasteiger charge is 2.60. The third-order valence-electron chi connectivity index (χ3n) is 4.42. The van der Waals surface area contributed by atoms with Gasteiger partial charge >= 0.3 is 5.97 Å². The zero-order valence-corrected chi connectivity index (χ0v) is 11.9. The van der Waals surface area contributed by atoms with E-state index >= 15 is 0 Å². The molecule has 1 aliphatic carbocycles. The first-order valence-electron chi connectivity index (χ1n) is 7.30. The fourth-order valence-corrected chi connectivity index (χ4v) is 3.06. The van der Waals surface area contributed by atoms with Crippen LogP contribution in [0.2, 0.25) is 0 Å². The number of cyclic esters (lactones) is 1. The topological polar surface area (TPSA) is 26.3 Å². The van der Waals surface area contributed by atoms with E-state index in [4.69, 9.17) is 4.74 Å². The van der Waals surface area contributed by atoms with Crippen LogP contribution in [-0.4, -0.2) is 5.97 Å². The predicted octanol–water partition coefficient (Wildman–Crippen LogP) is 4.20. The number of benzene rings is 2. The first-order chi connectivity index (χ1) is 10.2. The van der Waals surface area contributed by atoms with Crippen LogP contribution in [0, 0.1) is 12.3 Å². The highest BCUT2D eigenvalue weighted by Crippen LogP contribution is 2.62. The van der Waals surface area contributed by atoms with Crippen molar-refractivity contribution in [3.63, 3.8) is 0 Å². The van der Waals surface area contributed by atoms with Crippen molar-refractivity contribution in [2.45, 2.75) is 19.8 Å². The molecule has 0 amide bonds. The van der Waals surface area contributed by atoms with Gasteiger partial charge in [-0.15, -0.1) is 0 Å². The molecule has 0 saturated heterocycles. The quantitative estimate of drug-likeness (QED) is 0.768. The van der Waals surface area contributed by atoms with Crippen molar-refractivity contribution in [3.8, 4) is 0 Å². The fourth-order valence-electron chi connectivity index (χ4n) is 3.06. The van der Waals surface area contributed by atoms with Crippen molar-refractivity contribution in [2.24, 2.45) is 5.41 Å². The van der Waals surface area contributed by atoms with E-state index in [9.17, 15) is 4.79 Å². The molecule has 2 aliphatic rings. The lowest BCUT2D eigenvalue weighted by Gasteiger charge is -2.09. The number of hydrogen-bond donors (Lipinski definition) is 0. The third kappa shape index (κ3) is 1.83. The van der Waals surface area contributed by atoms with Crippen LogP contribution >= 0.6 is 0 Å². The van der Waals surface area contributed by atoms with Gasteiger partial charge in [-0.2, -0.15) is 0 Å². The lowest BCUT2D eigenvalue weighted by molar-refractivity contribution is -0.138. The molecular weight excluding hydrogens is 260 g/mol. The molecule has 104 valence electrons. The van der Waals surface area contributed by atoms with Crippen LogP contribution in [0.3, 0.4) is 0 Å². The number of ether oxygens (including phenoxy) is 1. The Morgan fingerprint density at radius 3 is 2.19 bits per heavy atom. The molecule has 2 aromatic carbocycles. The summed E-state index contributed by atoms with van der Waals surface area (Å²) >= 11 is 0. The molecule has 2 aromatic rings. The minimum absolute atomic E-state index is 0.0862. The van der Waals surface area contributed by atoms with Gasteiger partial charge in [0.25, 0.3) is 0 Å². The molecule has 0 radical (unpaired) electrons. The number of carbonyl (C=O) groups is 1. The summed E-state index contributed by atoms with van der Waals surface area (Å²) in [7, 11) is 0. The summed E-state index contributed by atoms with van der Waals surface area (Å²) in [5, 5.41) is 0. The number of rotatable bonds is 2. The van der Waals surface area contributed by atoms with Crippen molar-refractivity contribution in [3.05, 3.63) is 71.3 Å². The molecule has 21 heavy (non-hydrogen) atoms. The number of esters is 1. The summed E-state index contributed by atoms with van der Waals surface area (Å²) < 4.78 is 5.67. The van der Waals surface area contributed by atoms with Gasteiger partial charge in [-0.05, 0) is 25.3 Å². The van der Waals surface area contributed by atoms with Crippen LogP contribution in [0.1, 0.15) is 29.5 Å². The third-order valence-corrected chi connectivity index (χ3v) is 4.42. The van der Waals surface area contributed by atoms with Crippen molar-refractivity contribution < 1.29 is 9.53 Å². The molecule has 1 aliphatic heterocycles. The molecule has 1 spiro atoms. The van der Waals surface area contributed by atoms with Gasteiger partial charge in [0, 0.05) is 11.1 Å². The van der Waals surface area contributed by atoms with Crippen molar-refractivity contribution >= 4 is 17.3 Å². The zero-order chi connectivity index (χ0) is 14.4. The summed E-state index contributed by atoms with van der Waals surface area (Å²) in [6.07, 6.45) is 1.79. The maximum atomic E-state index is 12.3. The van der Waals surface area contributed by atoms with E-state index in [1.165, 1.54) is 5.56 Å². The van der Waals surface area contributed by atoms with E-state index in [1.54, 1.807) is 0 Å². The van der Waals surface area contributed by atoms with Crippen LogP contribution < -0.4 is 0 Å². The first-order valence-corrected chi connectivity index (χ1v) is 7.30. The predicted molar refractivity (Wildman–Crippen MR) is 82.2 cm³/mol. The Morgan fingerprint density at radius 1 is 0.905 bits per heavy atom. The Labute approximate surface area is 124 Å². The van der Waals surface area contributed by atoms with Crippen molar-refractivity contribution in [2.75, 3.05) is 0 Å². The van der Waals surface area contributed by atoms with Crippen LogP contribution in [0.15, 0.2) is 54.6 Å². The molecule has 0 atom stereocenters. The second-order valence-corrected chi connectivity index (χ2v) is 5.91. The van der Waals surface area contributed by atoms with Crippen LogP contribution in [0.4, 0.5) is 0 Å². The van der Waals surface area contributed by atoms with E-state index in [1.807, 2.05) is 30.3 Å². The van der Waals surface area contributed by atoms with Gasteiger partial charge in [0.1, 0.15) is 5.76 Å². The Bertz CT molecular complexity index is 735. The van der Waals surface area contributed by atoms with E-state index < -0.39 is 0 Å². The Balaban J connectivity index is 1.92. The van der Waals surface area contributed by atoms with Gasteiger partial charge in [-0.1, -0.05) is 60.2 Å². The van der Waals surface area contributed by atoms with E-state index in [-0.39, 0.29) is 11.4 Å². The minimum atomic E-state index is -0.387. The van der Waals surface area contributed by atoms with Gasteiger partial charge in [0.2, 0.25) is 0 Å². The maximum Gasteiger partial charge on any atom is 0.322 e. The standard InChI is InChI=1S/C19H16O2/c1-13-7-9-15(10-8-13)17-16(14-5-3-2-4-6-14)19(11-12-19)18(20)21-17/h2-10H,11-12H2,1H3. The molecule has 2 nitrogen and oxygen atoms in total. The average molecular weight is 276 g/mol. The van der Waals surface area contributed by atoms with Crippen molar-refractivity contribution in [1.82, 2.24) is 0 Å². The highest BCUT2D eigenvalue weighted by molar-refractivity contribution is 6.11. The molecule has 1 fully saturated rings. The van der Waals surface area contributed by atoms with E-state index in [0.717, 1.165) is 35.3 Å². The first kappa shape index (κ1) is 12.4. The smallest absolute Gasteiger partial charge is 0.322 e. The average Bonchev–Trinajstić information content (AvgIpc) is 3.24. The number of carbonyl (C=O) groups excluding carboxylic acids is 1. The van der Waals surface area contributed by atoms with Gasteiger partial charge in [-0.25, -0.2) is 0 Å². The van der Waals surface area contributed by atoms with E-state index in [0.29, 0.717) is 0 Å². The van der Waals surface area contributed by atoms with E-state index in [2.05, 4.69) is 31.2 Å². The summed E-state index contributed by atoms with van der Waals surface area (Å²) in [4.78, 5) is 12.3. The number of aryl methyl sites for hydroxylation is 1. The molecule has 1 saturated carbocycles. The fraction of sp³-hybridized carbons (Fsp3) is 0.211. The molecule has 0 N–H and O–H groups in total. The molecule has 2 heteroatoms. The zero-order valence-electron chi connectivity index (χ0n) is 11.9. The summed E-state index contributed by atoms with van der Waals surface area (Å²) in [5.74, 6) is 0.653.